The van der Waals surface area contributed by atoms with Crippen molar-refractivity contribution in [3.05, 3.63) is 35.4 Å². The minimum absolute atomic E-state index is 1.18. The summed E-state index contributed by atoms with van der Waals surface area (Å²) in [6.45, 7) is 2.29. The molecule has 0 radical (unpaired) electrons. The van der Waals surface area contributed by atoms with Gasteiger partial charge in [0.25, 0.3) is 0 Å². The van der Waals surface area contributed by atoms with E-state index in [9.17, 15) is 0 Å². The third kappa shape index (κ3) is 9.76. The van der Waals surface area contributed by atoms with Gasteiger partial charge in [-0.05, 0) is 0 Å². The number of rotatable bonds is 14. The Bertz CT molecular complexity index is 359. The molecule has 0 bridgehead atoms. The average molecular weight is 294 g/mol. The van der Waals surface area contributed by atoms with E-state index in [1.165, 1.54) is 88.6 Å². The first-order chi connectivity index (χ1) is 10.9. The Kier molecular flexibility index (Phi) is 13.0. The van der Waals surface area contributed by atoms with Crippen LogP contribution in [0.1, 0.15) is 95.1 Å². The SMILES string of the molecule is [Li][CH2]c1ccccc1CCCCCCCCCCCCCC. The molecule has 0 amide bonds. The minimum atomic E-state index is 1.18. The van der Waals surface area contributed by atoms with Crippen LogP contribution in [0.5, 0.6) is 0 Å². The molecule has 1 aromatic carbocycles. The average Bonchev–Trinajstić information content (AvgIpc) is 2.56. The molecule has 0 atom stereocenters. The first-order valence-electron chi connectivity index (χ1n) is 9.95. The van der Waals surface area contributed by atoms with Crippen LogP contribution in [0.4, 0.5) is 0 Å². The molecule has 120 valence electrons. The van der Waals surface area contributed by atoms with Crippen molar-refractivity contribution in [3.63, 3.8) is 0 Å². The molecule has 0 heterocycles. The number of hydrogen-bond donors (Lipinski definition) is 0. The number of unbranched alkanes of at least 4 members (excludes halogenated alkanes) is 11. The van der Waals surface area contributed by atoms with Gasteiger partial charge in [-0.25, -0.2) is 0 Å². The van der Waals surface area contributed by atoms with E-state index < -0.39 is 0 Å². The zero-order valence-electron chi connectivity index (χ0n) is 15.2. The van der Waals surface area contributed by atoms with E-state index in [-0.39, 0.29) is 0 Å². The third-order valence-corrected chi connectivity index (χ3v) is 4.80. The summed E-state index contributed by atoms with van der Waals surface area (Å²) in [5.74, 6) is 0. The standard InChI is InChI=1S/C21H35.Li/c1-3-4-5-6-7-8-9-10-11-12-13-14-18-21-19-16-15-17-20(21)2;/h15-17,19H,2-14,18H2,1H3;. The molecule has 0 aromatic heterocycles. The van der Waals surface area contributed by atoms with Crippen LogP contribution in [0.3, 0.4) is 0 Å². The van der Waals surface area contributed by atoms with Crippen molar-refractivity contribution in [1.29, 1.82) is 0 Å². The predicted octanol–water partition coefficient (Wildman–Crippen LogP) is 6.60. The second-order valence-electron chi connectivity index (χ2n) is 6.76. The number of aryl methyl sites for hydroxylation is 1. The van der Waals surface area contributed by atoms with Gasteiger partial charge < -0.3 is 0 Å². The van der Waals surface area contributed by atoms with E-state index in [1.807, 2.05) is 0 Å². The van der Waals surface area contributed by atoms with E-state index in [2.05, 4.69) is 48.9 Å². The van der Waals surface area contributed by atoms with Crippen LogP contribution in [0.15, 0.2) is 24.3 Å². The normalized spacial score (nSPS) is 11.0. The summed E-state index contributed by atoms with van der Waals surface area (Å²) in [5, 5.41) is 1.18. The van der Waals surface area contributed by atoms with Gasteiger partial charge in [0.05, 0.1) is 0 Å². The zero-order valence-corrected chi connectivity index (χ0v) is 15.2. The van der Waals surface area contributed by atoms with Gasteiger partial charge in [-0.3, -0.25) is 0 Å². The first kappa shape index (κ1) is 19.9. The van der Waals surface area contributed by atoms with E-state index in [0.717, 1.165) is 0 Å². The molecule has 0 nitrogen and oxygen atoms in total. The number of benzene rings is 1. The molecule has 0 spiro atoms. The monoisotopic (exact) mass is 294 g/mol. The Morgan fingerprint density at radius 3 is 1.59 bits per heavy atom. The molecule has 1 aromatic rings. The first-order valence-corrected chi connectivity index (χ1v) is 9.95. The quantitative estimate of drug-likeness (QED) is 0.268. The molecule has 0 fully saturated rings. The van der Waals surface area contributed by atoms with Crippen LogP contribution >= 0.6 is 0 Å². The van der Waals surface area contributed by atoms with Crippen molar-refractivity contribution < 1.29 is 0 Å². The van der Waals surface area contributed by atoms with Crippen LogP contribution in [0, 0.1) is 0 Å². The fourth-order valence-corrected chi connectivity index (χ4v) is 3.30. The molecular formula is C21H35Li. The van der Waals surface area contributed by atoms with Gasteiger partial charge in [0.1, 0.15) is 0 Å². The van der Waals surface area contributed by atoms with E-state index in [4.69, 9.17) is 0 Å². The summed E-state index contributed by atoms with van der Waals surface area (Å²) in [5.41, 5.74) is 3.13. The smallest absolute Gasteiger partial charge is 0.0654 e. The second-order valence-corrected chi connectivity index (χ2v) is 6.76. The van der Waals surface area contributed by atoms with Gasteiger partial charge in [-0.2, -0.15) is 0 Å². The Hall–Kier alpha value is -0.183. The van der Waals surface area contributed by atoms with Crippen molar-refractivity contribution in [2.75, 3.05) is 0 Å². The van der Waals surface area contributed by atoms with Crippen LogP contribution in [0.25, 0.3) is 0 Å². The van der Waals surface area contributed by atoms with Gasteiger partial charge in [-0.15, -0.1) is 0 Å². The molecule has 0 aliphatic carbocycles. The molecule has 0 aliphatic rings. The van der Waals surface area contributed by atoms with Crippen molar-refractivity contribution in [1.82, 2.24) is 0 Å². The minimum Gasteiger partial charge on any atom is -0.0654 e. The maximum atomic E-state index is 2.32. The topological polar surface area (TPSA) is 0 Å². The number of hydrogen-bond acceptors (Lipinski definition) is 0. The van der Waals surface area contributed by atoms with Gasteiger partial charge in [0.15, 0.2) is 0 Å². The Morgan fingerprint density at radius 2 is 1.09 bits per heavy atom. The van der Waals surface area contributed by atoms with Crippen LogP contribution in [0.2, 0.25) is 0 Å². The maximum absolute atomic E-state index is 2.32. The van der Waals surface area contributed by atoms with E-state index >= 15 is 0 Å². The Labute approximate surface area is 148 Å². The Morgan fingerprint density at radius 1 is 0.636 bits per heavy atom. The predicted molar refractivity (Wildman–Crippen MR) is 101 cm³/mol. The molecule has 0 saturated heterocycles. The van der Waals surface area contributed by atoms with Gasteiger partial charge in [0, 0.05) is 0 Å². The summed E-state index contributed by atoms with van der Waals surface area (Å²) < 4.78 is 0. The van der Waals surface area contributed by atoms with Crippen molar-refractivity contribution in [3.8, 4) is 0 Å². The molecule has 0 aliphatic heterocycles. The summed E-state index contributed by atoms with van der Waals surface area (Å²) in [6, 6.07) is 8.97. The third-order valence-electron chi connectivity index (χ3n) is 4.80. The van der Waals surface area contributed by atoms with Crippen molar-refractivity contribution >= 4 is 17.7 Å². The van der Waals surface area contributed by atoms with Gasteiger partial charge in [-0.1, -0.05) is 32.6 Å². The van der Waals surface area contributed by atoms with Crippen LogP contribution in [-0.2, 0) is 11.5 Å². The molecule has 0 N–H and O–H groups in total. The Balaban J connectivity index is 1.89. The fourth-order valence-electron chi connectivity index (χ4n) is 3.30. The van der Waals surface area contributed by atoms with Crippen LogP contribution < -0.4 is 0 Å². The summed E-state index contributed by atoms with van der Waals surface area (Å²) in [7, 11) is 0. The molecule has 0 unspecified atom stereocenters. The summed E-state index contributed by atoms with van der Waals surface area (Å²) in [4.78, 5) is 0. The van der Waals surface area contributed by atoms with E-state index in [1.54, 1.807) is 11.1 Å². The van der Waals surface area contributed by atoms with E-state index in [0.29, 0.717) is 0 Å². The zero-order chi connectivity index (χ0) is 15.9. The molecular weight excluding hydrogens is 259 g/mol. The fraction of sp³-hybridized carbons (Fsp3) is 0.714. The van der Waals surface area contributed by atoms with Gasteiger partial charge in [0.2, 0.25) is 0 Å². The second kappa shape index (κ2) is 14.4. The summed E-state index contributed by atoms with van der Waals surface area (Å²) >= 11 is 2.26. The molecule has 1 heteroatoms. The van der Waals surface area contributed by atoms with Crippen LogP contribution in [-0.4, -0.2) is 17.7 Å². The van der Waals surface area contributed by atoms with Crippen molar-refractivity contribution in [2.45, 2.75) is 95.5 Å². The molecule has 0 saturated carbocycles. The van der Waals surface area contributed by atoms with Crippen molar-refractivity contribution in [2.24, 2.45) is 0 Å². The van der Waals surface area contributed by atoms with Gasteiger partial charge >= 0.3 is 116 Å². The molecule has 1 rings (SSSR count). The summed E-state index contributed by atoms with van der Waals surface area (Å²) in [6.07, 6.45) is 18.5. The molecule has 22 heavy (non-hydrogen) atoms.